The first kappa shape index (κ1) is 13.3. The van der Waals surface area contributed by atoms with Crippen LogP contribution in [0.1, 0.15) is 22.8 Å². The first-order valence-electron chi connectivity index (χ1n) is 6.60. The van der Waals surface area contributed by atoms with Gasteiger partial charge in [-0.1, -0.05) is 42.0 Å². The molecule has 0 N–H and O–H groups in total. The van der Waals surface area contributed by atoms with E-state index in [9.17, 15) is 4.79 Å². The lowest BCUT2D eigenvalue weighted by Gasteiger charge is -2.22. The SMILES string of the molecule is CCN(CC(=O)c1cccc(C)c1)c1ccccc1. The van der Waals surface area contributed by atoms with Gasteiger partial charge in [0.2, 0.25) is 0 Å². The van der Waals surface area contributed by atoms with Crippen molar-refractivity contribution in [3.8, 4) is 0 Å². The molecular formula is C17H19NO. The lowest BCUT2D eigenvalue weighted by Crippen LogP contribution is -2.29. The van der Waals surface area contributed by atoms with Gasteiger partial charge in [-0.25, -0.2) is 0 Å². The molecule has 0 atom stereocenters. The van der Waals surface area contributed by atoms with Crippen molar-refractivity contribution in [2.45, 2.75) is 13.8 Å². The minimum Gasteiger partial charge on any atom is -0.364 e. The fourth-order valence-corrected chi connectivity index (χ4v) is 2.11. The largest absolute Gasteiger partial charge is 0.364 e. The fraction of sp³-hybridized carbons (Fsp3) is 0.235. The molecule has 2 heteroatoms. The van der Waals surface area contributed by atoms with Crippen LogP contribution < -0.4 is 4.90 Å². The maximum atomic E-state index is 12.3. The zero-order chi connectivity index (χ0) is 13.7. The van der Waals surface area contributed by atoms with Crippen LogP contribution in [0.25, 0.3) is 0 Å². The Hall–Kier alpha value is -2.09. The minimum absolute atomic E-state index is 0.161. The van der Waals surface area contributed by atoms with Gasteiger partial charge in [-0.3, -0.25) is 4.79 Å². The van der Waals surface area contributed by atoms with Crippen LogP contribution in [0.2, 0.25) is 0 Å². The van der Waals surface area contributed by atoms with Crippen molar-refractivity contribution in [3.63, 3.8) is 0 Å². The number of hydrogen-bond donors (Lipinski definition) is 0. The second-order valence-electron chi connectivity index (χ2n) is 4.64. The van der Waals surface area contributed by atoms with Crippen LogP contribution in [0.3, 0.4) is 0 Å². The Morgan fingerprint density at radius 1 is 1.05 bits per heavy atom. The highest BCUT2D eigenvalue weighted by Crippen LogP contribution is 2.14. The topological polar surface area (TPSA) is 20.3 Å². The van der Waals surface area contributed by atoms with Gasteiger partial charge in [0.05, 0.1) is 6.54 Å². The van der Waals surface area contributed by atoms with Crippen molar-refractivity contribution >= 4 is 11.5 Å². The minimum atomic E-state index is 0.161. The molecule has 0 unspecified atom stereocenters. The molecule has 2 nitrogen and oxygen atoms in total. The summed E-state index contributed by atoms with van der Waals surface area (Å²) < 4.78 is 0. The standard InChI is InChI=1S/C17H19NO/c1-3-18(16-10-5-4-6-11-16)13-17(19)15-9-7-8-14(2)12-15/h4-12H,3,13H2,1-2H3. The Bertz CT molecular complexity index is 548. The van der Waals surface area contributed by atoms with Gasteiger partial charge in [-0.05, 0) is 32.0 Å². The van der Waals surface area contributed by atoms with Gasteiger partial charge in [0, 0.05) is 17.8 Å². The number of carbonyl (C=O) groups excluding carboxylic acids is 1. The highest BCUT2D eigenvalue weighted by atomic mass is 16.1. The maximum absolute atomic E-state index is 12.3. The van der Waals surface area contributed by atoms with E-state index in [2.05, 4.69) is 11.8 Å². The van der Waals surface area contributed by atoms with Crippen molar-refractivity contribution in [3.05, 3.63) is 65.7 Å². The number of rotatable bonds is 5. The van der Waals surface area contributed by atoms with E-state index in [0.29, 0.717) is 6.54 Å². The normalized spacial score (nSPS) is 10.2. The Kier molecular flexibility index (Phi) is 4.35. The number of nitrogens with zero attached hydrogens (tertiary/aromatic N) is 1. The van der Waals surface area contributed by atoms with Gasteiger partial charge >= 0.3 is 0 Å². The molecule has 0 aliphatic rings. The quantitative estimate of drug-likeness (QED) is 0.757. The average Bonchev–Trinajstić information content (AvgIpc) is 2.45. The highest BCUT2D eigenvalue weighted by Gasteiger charge is 2.11. The molecule has 2 aromatic carbocycles. The molecule has 0 saturated carbocycles. The average molecular weight is 253 g/mol. The summed E-state index contributed by atoms with van der Waals surface area (Å²) in [5, 5.41) is 0. The first-order valence-corrected chi connectivity index (χ1v) is 6.60. The molecule has 0 saturated heterocycles. The summed E-state index contributed by atoms with van der Waals surface area (Å²) in [4.78, 5) is 14.4. The molecule has 2 aromatic rings. The van der Waals surface area contributed by atoms with E-state index in [1.54, 1.807) is 0 Å². The fourth-order valence-electron chi connectivity index (χ4n) is 2.11. The van der Waals surface area contributed by atoms with E-state index in [-0.39, 0.29) is 5.78 Å². The molecule has 98 valence electrons. The van der Waals surface area contributed by atoms with E-state index < -0.39 is 0 Å². The van der Waals surface area contributed by atoms with Crippen LogP contribution in [0.15, 0.2) is 54.6 Å². The predicted octanol–water partition coefficient (Wildman–Crippen LogP) is 3.70. The summed E-state index contributed by atoms with van der Waals surface area (Å²) in [5.74, 6) is 0.161. The van der Waals surface area contributed by atoms with Crippen molar-refractivity contribution in [1.29, 1.82) is 0 Å². The van der Waals surface area contributed by atoms with E-state index in [0.717, 1.165) is 23.4 Å². The molecule has 0 bridgehead atoms. The van der Waals surface area contributed by atoms with E-state index in [1.165, 1.54) is 0 Å². The number of anilines is 1. The molecule has 0 fully saturated rings. The van der Waals surface area contributed by atoms with Gasteiger partial charge in [-0.2, -0.15) is 0 Å². The monoisotopic (exact) mass is 253 g/mol. The lowest BCUT2D eigenvalue weighted by molar-refractivity contribution is 0.0999. The summed E-state index contributed by atoms with van der Waals surface area (Å²) in [6, 6.07) is 17.8. The second-order valence-corrected chi connectivity index (χ2v) is 4.64. The Balaban J connectivity index is 2.13. The van der Waals surface area contributed by atoms with Gasteiger partial charge in [0.15, 0.2) is 5.78 Å². The number of hydrogen-bond acceptors (Lipinski definition) is 2. The molecule has 0 radical (unpaired) electrons. The third kappa shape index (κ3) is 3.44. The van der Waals surface area contributed by atoms with Gasteiger partial charge in [0.1, 0.15) is 0 Å². The van der Waals surface area contributed by atoms with Crippen LogP contribution in [0.5, 0.6) is 0 Å². The molecule has 0 aliphatic heterocycles. The van der Waals surface area contributed by atoms with Crippen LogP contribution in [0, 0.1) is 6.92 Å². The van der Waals surface area contributed by atoms with Crippen LogP contribution >= 0.6 is 0 Å². The third-order valence-corrected chi connectivity index (χ3v) is 3.18. The maximum Gasteiger partial charge on any atom is 0.182 e. The van der Waals surface area contributed by atoms with E-state index in [4.69, 9.17) is 0 Å². The molecule has 0 aliphatic carbocycles. The number of likely N-dealkylation sites (N-methyl/N-ethyl adjacent to an activating group) is 1. The van der Waals surface area contributed by atoms with Crippen molar-refractivity contribution in [2.75, 3.05) is 18.0 Å². The zero-order valence-corrected chi connectivity index (χ0v) is 11.5. The summed E-state index contributed by atoms with van der Waals surface area (Å²) >= 11 is 0. The zero-order valence-electron chi connectivity index (χ0n) is 11.5. The van der Waals surface area contributed by atoms with Crippen LogP contribution in [0.4, 0.5) is 5.69 Å². The number of benzene rings is 2. The molecular weight excluding hydrogens is 234 g/mol. The van der Waals surface area contributed by atoms with E-state index >= 15 is 0 Å². The predicted molar refractivity (Wildman–Crippen MR) is 79.8 cm³/mol. The molecule has 19 heavy (non-hydrogen) atoms. The third-order valence-electron chi connectivity index (χ3n) is 3.18. The Morgan fingerprint density at radius 2 is 1.79 bits per heavy atom. The molecule has 2 rings (SSSR count). The summed E-state index contributed by atoms with van der Waals surface area (Å²) in [7, 11) is 0. The van der Waals surface area contributed by atoms with Gasteiger partial charge in [0.25, 0.3) is 0 Å². The second kappa shape index (κ2) is 6.19. The Labute approximate surface area is 114 Å². The number of ketones is 1. The van der Waals surface area contributed by atoms with Gasteiger partial charge < -0.3 is 4.90 Å². The lowest BCUT2D eigenvalue weighted by atomic mass is 10.1. The number of para-hydroxylation sites is 1. The smallest absolute Gasteiger partial charge is 0.182 e. The molecule has 0 aromatic heterocycles. The number of carbonyl (C=O) groups is 1. The summed E-state index contributed by atoms with van der Waals surface area (Å²) in [6.07, 6.45) is 0. The van der Waals surface area contributed by atoms with Crippen LogP contribution in [-0.4, -0.2) is 18.9 Å². The molecule has 0 heterocycles. The molecule has 0 amide bonds. The Morgan fingerprint density at radius 3 is 2.42 bits per heavy atom. The van der Waals surface area contributed by atoms with Crippen molar-refractivity contribution in [2.24, 2.45) is 0 Å². The molecule has 0 spiro atoms. The van der Waals surface area contributed by atoms with E-state index in [1.807, 2.05) is 61.5 Å². The van der Waals surface area contributed by atoms with Crippen molar-refractivity contribution in [1.82, 2.24) is 0 Å². The first-order chi connectivity index (χ1) is 9.20. The number of aryl methyl sites for hydroxylation is 1. The van der Waals surface area contributed by atoms with Crippen molar-refractivity contribution < 1.29 is 4.79 Å². The summed E-state index contributed by atoms with van der Waals surface area (Å²) in [6.45, 7) is 5.31. The highest BCUT2D eigenvalue weighted by molar-refractivity contribution is 5.99. The summed E-state index contributed by atoms with van der Waals surface area (Å²) in [5.41, 5.74) is 2.99. The van der Waals surface area contributed by atoms with Crippen LogP contribution in [-0.2, 0) is 0 Å². The van der Waals surface area contributed by atoms with Gasteiger partial charge in [-0.15, -0.1) is 0 Å². The number of Topliss-reactive ketones (excluding diaryl/α,β-unsaturated/α-hetero) is 1.